The highest BCUT2D eigenvalue weighted by Crippen LogP contribution is 2.65. The molecule has 6 nitrogen and oxygen atoms in total. The van der Waals surface area contributed by atoms with E-state index in [2.05, 4.69) is 11.9 Å². The van der Waals surface area contributed by atoms with Gasteiger partial charge in [0.15, 0.2) is 11.5 Å². The Bertz CT molecular complexity index is 1220. The standard InChI is InChI=1S/C27H30Cl2N2O4/c1-30-9-8-27-16-5-7-19(31(2)23(33)11-14-4-6-17(28)18(29)10-14)26(27)35-25-22(34-3)13-21(32)15(24(25)27)12-20(16)30/h4,6,10,13,16,19-20,26,32H,5,7-9,11-12H2,1-3H3/t16-,19+,20+,26-,27-/m0/s1. The molecule has 1 saturated heterocycles. The Morgan fingerprint density at radius 1 is 1.29 bits per heavy atom. The molecular formula is C27H30Cl2N2O4. The third-order valence-corrected chi connectivity index (χ3v) is 9.84. The second kappa shape index (κ2) is 8.19. The van der Waals surface area contributed by atoms with Crippen molar-refractivity contribution in [1.82, 2.24) is 9.80 Å². The molecule has 1 saturated carbocycles. The van der Waals surface area contributed by atoms with Crippen LogP contribution in [0.3, 0.4) is 0 Å². The molecule has 186 valence electrons. The molecule has 2 fully saturated rings. The third kappa shape index (κ3) is 3.22. The minimum Gasteiger partial charge on any atom is -0.508 e. The molecule has 2 aromatic carbocycles. The van der Waals surface area contributed by atoms with Gasteiger partial charge in [-0.1, -0.05) is 29.3 Å². The van der Waals surface area contributed by atoms with Crippen LogP contribution in [0.5, 0.6) is 17.2 Å². The third-order valence-electron chi connectivity index (χ3n) is 9.10. The maximum absolute atomic E-state index is 13.5. The van der Waals surface area contributed by atoms with Crippen molar-refractivity contribution in [2.45, 2.75) is 55.7 Å². The molecule has 8 heteroatoms. The number of hydrogen-bond acceptors (Lipinski definition) is 5. The van der Waals surface area contributed by atoms with Gasteiger partial charge in [-0.2, -0.15) is 0 Å². The number of rotatable bonds is 4. The lowest BCUT2D eigenvalue weighted by atomic mass is 9.51. The summed E-state index contributed by atoms with van der Waals surface area (Å²) >= 11 is 12.2. The molecule has 6 rings (SSSR count). The molecule has 0 aromatic heterocycles. The minimum absolute atomic E-state index is 0.0260. The second-order valence-corrected chi connectivity index (χ2v) is 11.4. The van der Waals surface area contributed by atoms with Crippen molar-refractivity contribution < 1.29 is 19.4 Å². The number of piperidine rings is 1. The number of hydrogen-bond donors (Lipinski definition) is 1. The van der Waals surface area contributed by atoms with Gasteiger partial charge >= 0.3 is 0 Å². The van der Waals surface area contributed by atoms with Gasteiger partial charge in [-0.25, -0.2) is 0 Å². The van der Waals surface area contributed by atoms with Gasteiger partial charge in [0.1, 0.15) is 11.9 Å². The van der Waals surface area contributed by atoms with Crippen molar-refractivity contribution in [3.63, 3.8) is 0 Å². The summed E-state index contributed by atoms with van der Waals surface area (Å²) in [6.07, 6.45) is 3.72. The lowest BCUT2D eigenvalue weighted by Gasteiger charge is -2.59. The number of amides is 1. The van der Waals surface area contributed by atoms with Gasteiger partial charge in [-0.05, 0) is 62.9 Å². The summed E-state index contributed by atoms with van der Waals surface area (Å²) in [5.74, 6) is 2.06. The number of carbonyl (C=O) groups excluding carboxylic acids is 1. The molecule has 0 radical (unpaired) electrons. The van der Waals surface area contributed by atoms with Gasteiger partial charge < -0.3 is 24.4 Å². The van der Waals surface area contributed by atoms with Crippen LogP contribution in [0.15, 0.2) is 24.3 Å². The van der Waals surface area contributed by atoms with Gasteiger partial charge in [-0.3, -0.25) is 4.79 Å². The summed E-state index contributed by atoms with van der Waals surface area (Å²) in [6.45, 7) is 0.964. The zero-order chi connectivity index (χ0) is 24.6. The minimum atomic E-state index is -0.229. The van der Waals surface area contributed by atoms with E-state index in [1.807, 2.05) is 18.0 Å². The summed E-state index contributed by atoms with van der Waals surface area (Å²) < 4.78 is 12.4. The predicted molar refractivity (Wildman–Crippen MR) is 135 cm³/mol. The van der Waals surface area contributed by atoms with Gasteiger partial charge in [0.05, 0.1) is 29.6 Å². The van der Waals surface area contributed by atoms with Gasteiger partial charge in [-0.15, -0.1) is 0 Å². The summed E-state index contributed by atoms with van der Waals surface area (Å²) in [6, 6.07) is 7.30. The van der Waals surface area contributed by atoms with Gasteiger partial charge in [0.25, 0.3) is 0 Å². The lowest BCUT2D eigenvalue weighted by molar-refractivity contribution is -0.139. The lowest BCUT2D eigenvalue weighted by Crippen LogP contribution is -2.68. The summed E-state index contributed by atoms with van der Waals surface area (Å²) in [4.78, 5) is 17.8. The largest absolute Gasteiger partial charge is 0.508 e. The van der Waals surface area contributed by atoms with E-state index in [-0.39, 0.29) is 35.6 Å². The predicted octanol–water partition coefficient (Wildman–Crippen LogP) is 4.45. The molecule has 2 heterocycles. The van der Waals surface area contributed by atoms with Crippen molar-refractivity contribution >= 4 is 29.1 Å². The van der Waals surface area contributed by atoms with Crippen LogP contribution in [0.2, 0.25) is 10.0 Å². The molecule has 4 aliphatic rings. The molecule has 0 unspecified atom stereocenters. The topological polar surface area (TPSA) is 62.2 Å². The van der Waals surface area contributed by atoms with Crippen molar-refractivity contribution in [2.75, 3.05) is 27.7 Å². The van der Waals surface area contributed by atoms with Gasteiger partial charge in [0, 0.05) is 35.7 Å². The number of aromatic hydroxyl groups is 1. The van der Waals surface area contributed by atoms with E-state index in [0.717, 1.165) is 54.7 Å². The highest BCUT2D eigenvalue weighted by molar-refractivity contribution is 6.42. The van der Waals surface area contributed by atoms with E-state index in [1.165, 1.54) is 0 Å². The van der Waals surface area contributed by atoms with Crippen LogP contribution in [0.25, 0.3) is 0 Å². The Morgan fingerprint density at radius 2 is 2.09 bits per heavy atom. The van der Waals surface area contributed by atoms with E-state index in [1.54, 1.807) is 25.3 Å². The van der Waals surface area contributed by atoms with Crippen molar-refractivity contribution in [2.24, 2.45) is 5.92 Å². The van der Waals surface area contributed by atoms with Crippen molar-refractivity contribution in [3.8, 4) is 17.2 Å². The zero-order valence-corrected chi connectivity index (χ0v) is 21.7. The number of benzene rings is 2. The smallest absolute Gasteiger partial charge is 0.227 e. The quantitative estimate of drug-likeness (QED) is 0.650. The maximum atomic E-state index is 13.5. The molecule has 2 aliphatic heterocycles. The first-order chi connectivity index (χ1) is 16.8. The number of phenols is 1. The highest BCUT2D eigenvalue weighted by atomic mass is 35.5. The van der Waals surface area contributed by atoms with E-state index >= 15 is 0 Å². The van der Waals surface area contributed by atoms with Crippen LogP contribution in [0.1, 0.15) is 36.0 Å². The molecule has 1 spiro atoms. The van der Waals surface area contributed by atoms with E-state index in [9.17, 15) is 9.90 Å². The molecule has 35 heavy (non-hydrogen) atoms. The fraction of sp³-hybridized carbons (Fsp3) is 0.519. The molecule has 2 aromatic rings. The fourth-order valence-corrected chi connectivity index (χ4v) is 7.77. The average molecular weight is 517 g/mol. The van der Waals surface area contributed by atoms with E-state index < -0.39 is 0 Å². The Morgan fingerprint density at radius 3 is 2.83 bits per heavy atom. The van der Waals surface area contributed by atoms with E-state index in [0.29, 0.717) is 27.8 Å². The van der Waals surface area contributed by atoms with Crippen LogP contribution in [0.4, 0.5) is 0 Å². The van der Waals surface area contributed by atoms with Crippen LogP contribution in [-0.2, 0) is 23.1 Å². The normalized spacial score (nSPS) is 30.4. The molecule has 5 atom stereocenters. The number of halogens is 2. The SMILES string of the molecule is COc1cc(O)c2c3c1O[C@H]1[C@H](N(C)C(=O)Cc4ccc(Cl)c(Cl)c4)CC[C@H]4[C@@H](C2)N(C)CC[C@@]341. The number of nitrogens with zero attached hydrogens (tertiary/aromatic N) is 2. The first-order valence-corrected chi connectivity index (χ1v) is 13.0. The number of ether oxygens (including phenoxy) is 2. The first-order valence-electron chi connectivity index (χ1n) is 12.3. The van der Waals surface area contributed by atoms with Crippen molar-refractivity contribution in [1.29, 1.82) is 0 Å². The Labute approximate surface area is 215 Å². The number of phenolic OH excluding ortho intramolecular Hbond substituents is 1. The maximum Gasteiger partial charge on any atom is 0.227 e. The van der Waals surface area contributed by atoms with Crippen LogP contribution < -0.4 is 9.47 Å². The van der Waals surface area contributed by atoms with Crippen LogP contribution in [-0.4, -0.2) is 66.8 Å². The Kier molecular flexibility index (Phi) is 5.44. The fourth-order valence-electron chi connectivity index (χ4n) is 7.45. The number of likely N-dealkylation sites (N-methyl/N-ethyl adjacent to an activating group) is 2. The number of methoxy groups -OCH3 is 1. The monoisotopic (exact) mass is 516 g/mol. The second-order valence-electron chi connectivity index (χ2n) is 10.5. The number of carbonyl (C=O) groups is 1. The van der Waals surface area contributed by atoms with Crippen molar-refractivity contribution in [3.05, 3.63) is 51.0 Å². The average Bonchev–Trinajstić information content (AvgIpc) is 3.18. The summed E-state index contributed by atoms with van der Waals surface area (Å²) in [7, 11) is 5.69. The molecule has 1 N–H and O–H groups in total. The van der Waals surface area contributed by atoms with Crippen LogP contribution >= 0.6 is 23.2 Å². The molecular weight excluding hydrogens is 487 g/mol. The Hall–Kier alpha value is -2.15. The molecule has 2 bridgehead atoms. The molecule has 1 amide bonds. The zero-order valence-electron chi connectivity index (χ0n) is 20.2. The summed E-state index contributed by atoms with van der Waals surface area (Å²) in [5, 5.41) is 11.9. The summed E-state index contributed by atoms with van der Waals surface area (Å²) in [5.41, 5.74) is 2.72. The highest BCUT2D eigenvalue weighted by Gasteiger charge is 2.66. The van der Waals surface area contributed by atoms with Crippen LogP contribution in [0, 0.1) is 5.92 Å². The van der Waals surface area contributed by atoms with Gasteiger partial charge in [0.2, 0.25) is 5.91 Å². The number of likely N-dealkylation sites (tertiary alicyclic amines) is 1. The Balaban J connectivity index is 1.38. The molecule has 2 aliphatic carbocycles. The van der Waals surface area contributed by atoms with E-state index in [4.69, 9.17) is 32.7 Å². The first kappa shape index (κ1) is 23.3.